The molecule has 2 fully saturated rings. The largest absolute Gasteiger partial charge is 0.408 e. The van der Waals surface area contributed by atoms with E-state index in [0.29, 0.717) is 5.56 Å². The Labute approximate surface area is 153 Å². The van der Waals surface area contributed by atoms with E-state index in [9.17, 15) is 14.7 Å². The number of H-pyrrole nitrogens is 1. The summed E-state index contributed by atoms with van der Waals surface area (Å²) in [6.45, 7) is 12.2. The molecule has 2 aliphatic rings. The van der Waals surface area contributed by atoms with Gasteiger partial charge in [-0.15, -0.1) is 0 Å². The number of fused-ring (bicyclic) bond motifs is 2. The number of nitrogens with zero attached hydrogens (tertiary/aromatic N) is 1. The molecular formula is C17H28N2O6Si. The van der Waals surface area contributed by atoms with Crippen LogP contribution in [0.4, 0.5) is 0 Å². The number of nitrogens with one attached hydrogen (secondary N) is 1. The second-order valence-corrected chi connectivity index (χ2v) is 13.5. The average Bonchev–Trinajstić information content (AvgIpc) is 3.02. The zero-order valence-corrected chi connectivity index (χ0v) is 17.2. The van der Waals surface area contributed by atoms with Gasteiger partial charge in [-0.25, -0.2) is 4.79 Å². The molecule has 0 saturated carbocycles. The molecule has 3 heterocycles. The van der Waals surface area contributed by atoms with Crippen LogP contribution in [-0.2, 0) is 13.9 Å². The van der Waals surface area contributed by atoms with Gasteiger partial charge in [0.25, 0.3) is 5.56 Å². The van der Waals surface area contributed by atoms with Gasteiger partial charge in [0.15, 0.2) is 14.5 Å². The van der Waals surface area contributed by atoms with Gasteiger partial charge in [-0.1, -0.05) is 20.8 Å². The lowest BCUT2D eigenvalue weighted by Crippen LogP contribution is -2.52. The fourth-order valence-corrected chi connectivity index (χ4v) is 4.52. The van der Waals surface area contributed by atoms with Crippen molar-refractivity contribution in [2.45, 2.75) is 69.9 Å². The highest BCUT2D eigenvalue weighted by molar-refractivity contribution is 6.74. The van der Waals surface area contributed by atoms with Crippen molar-refractivity contribution in [1.29, 1.82) is 0 Å². The van der Waals surface area contributed by atoms with Gasteiger partial charge in [0.2, 0.25) is 0 Å². The van der Waals surface area contributed by atoms with Crippen LogP contribution >= 0.6 is 0 Å². The summed E-state index contributed by atoms with van der Waals surface area (Å²) in [6.07, 6.45) is -0.296. The van der Waals surface area contributed by atoms with Gasteiger partial charge in [-0.2, -0.15) is 0 Å². The van der Waals surface area contributed by atoms with E-state index >= 15 is 0 Å². The number of rotatable bonds is 4. The summed E-state index contributed by atoms with van der Waals surface area (Å²) < 4.78 is 19.8. The van der Waals surface area contributed by atoms with Crippen LogP contribution in [0.3, 0.4) is 0 Å². The molecule has 0 amide bonds. The van der Waals surface area contributed by atoms with Crippen LogP contribution < -0.4 is 11.2 Å². The molecule has 26 heavy (non-hydrogen) atoms. The Hall–Kier alpha value is -1.26. The molecular weight excluding hydrogens is 356 g/mol. The third kappa shape index (κ3) is 2.91. The normalized spacial score (nSPS) is 31.6. The number of aliphatic hydroxyl groups excluding tert-OH is 1. The van der Waals surface area contributed by atoms with Gasteiger partial charge in [0.1, 0.15) is 17.8 Å². The smallest absolute Gasteiger partial charge is 0.330 e. The number of ether oxygens (including phenoxy) is 2. The van der Waals surface area contributed by atoms with E-state index in [-0.39, 0.29) is 18.3 Å². The maximum atomic E-state index is 12.3. The molecule has 4 atom stereocenters. The summed E-state index contributed by atoms with van der Waals surface area (Å²) in [4.78, 5) is 26.2. The van der Waals surface area contributed by atoms with E-state index in [0.717, 1.165) is 0 Å². The molecule has 146 valence electrons. The molecule has 2 saturated heterocycles. The van der Waals surface area contributed by atoms with Gasteiger partial charge in [-0.05, 0) is 25.1 Å². The Bertz CT molecular complexity index is 811. The summed E-state index contributed by atoms with van der Waals surface area (Å²) in [5.41, 5.74) is -1.60. The summed E-state index contributed by atoms with van der Waals surface area (Å²) in [7, 11) is -2.16. The fraction of sp³-hybridized carbons (Fsp3) is 0.765. The Morgan fingerprint density at radius 2 is 2.08 bits per heavy atom. The minimum absolute atomic E-state index is 0.0212. The van der Waals surface area contributed by atoms with Crippen LogP contribution in [0.2, 0.25) is 18.1 Å². The van der Waals surface area contributed by atoms with Crippen LogP contribution in [0.1, 0.15) is 32.6 Å². The first-order valence-electron chi connectivity index (χ1n) is 8.82. The highest BCUT2D eigenvalue weighted by Gasteiger charge is 2.64. The molecule has 2 bridgehead atoms. The Morgan fingerprint density at radius 1 is 1.42 bits per heavy atom. The Kier molecular flexibility index (Phi) is 4.60. The van der Waals surface area contributed by atoms with E-state index in [1.54, 1.807) is 6.92 Å². The number of aliphatic hydroxyl groups is 1. The number of hydrogen-bond acceptors (Lipinski definition) is 6. The molecule has 0 aliphatic carbocycles. The third-order valence-electron chi connectivity index (χ3n) is 5.89. The molecule has 1 unspecified atom stereocenters. The number of aryl methyl sites for hydroxylation is 1. The predicted octanol–water partition coefficient (Wildman–Crippen LogP) is 0.894. The van der Waals surface area contributed by atoms with Crippen molar-refractivity contribution in [2.75, 3.05) is 13.2 Å². The monoisotopic (exact) mass is 384 g/mol. The highest BCUT2D eigenvalue weighted by atomic mass is 28.4. The average molecular weight is 385 g/mol. The molecule has 2 aliphatic heterocycles. The van der Waals surface area contributed by atoms with Crippen LogP contribution in [0.5, 0.6) is 0 Å². The first-order valence-corrected chi connectivity index (χ1v) is 11.7. The minimum atomic E-state index is -2.16. The van der Waals surface area contributed by atoms with E-state index in [1.807, 2.05) is 0 Å². The molecule has 0 aromatic carbocycles. The number of aromatic amines is 1. The maximum Gasteiger partial charge on any atom is 0.330 e. The lowest BCUT2D eigenvalue weighted by molar-refractivity contribution is -0.187. The molecule has 8 nitrogen and oxygen atoms in total. The molecule has 2 N–H and O–H groups in total. The zero-order chi connectivity index (χ0) is 19.5. The Balaban J connectivity index is 1.98. The maximum absolute atomic E-state index is 12.3. The van der Waals surface area contributed by atoms with Gasteiger partial charge in [0, 0.05) is 11.8 Å². The van der Waals surface area contributed by atoms with Crippen molar-refractivity contribution in [2.24, 2.45) is 0 Å². The molecule has 1 aromatic rings. The second kappa shape index (κ2) is 6.13. The fourth-order valence-electron chi connectivity index (χ4n) is 3.18. The van der Waals surface area contributed by atoms with E-state index < -0.39 is 43.6 Å². The first-order chi connectivity index (χ1) is 11.9. The zero-order valence-electron chi connectivity index (χ0n) is 16.2. The van der Waals surface area contributed by atoms with E-state index in [4.69, 9.17) is 13.9 Å². The van der Waals surface area contributed by atoms with Crippen LogP contribution in [0, 0.1) is 6.92 Å². The van der Waals surface area contributed by atoms with Crippen molar-refractivity contribution in [3.05, 3.63) is 32.6 Å². The van der Waals surface area contributed by atoms with E-state index in [2.05, 4.69) is 38.8 Å². The molecule has 0 spiro atoms. The SMILES string of the molecule is Cc1cn([C@@H]2O[C@@]3(CO)COC2[C@H]3O[Si](C)(C)C(C)(C)C)c(=O)[nH]c1=O. The van der Waals surface area contributed by atoms with Gasteiger partial charge in [-0.3, -0.25) is 14.3 Å². The van der Waals surface area contributed by atoms with Crippen LogP contribution in [0.25, 0.3) is 0 Å². The minimum Gasteiger partial charge on any atom is -0.408 e. The standard InChI is InChI=1S/C17H28N2O6Si/c1-10-7-19(15(22)18-13(10)21)14-11-12(17(8-20,24-14)9-23-11)25-26(5,6)16(2,3)4/h7,11-12,14,20H,8-9H2,1-6H3,(H,18,21,22)/t11?,12-,14-,17+/m1/s1. The molecule has 9 heteroatoms. The topological polar surface area (TPSA) is 103 Å². The molecule has 0 radical (unpaired) electrons. The third-order valence-corrected chi connectivity index (χ3v) is 10.3. The van der Waals surface area contributed by atoms with E-state index in [1.165, 1.54) is 10.8 Å². The number of hydrogen-bond donors (Lipinski definition) is 2. The summed E-state index contributed by atoms with van der Waals surface area (Å²) >= 11 is 0. The van der Waals surface area contributed by atoms with Crippen molar-refractivity contribution >= 4 is 8.32 Å². The van der Waals surface area contributed by atoms with Gasteiger partial charge < -0.3 is 19.0 Å². The quantitative estimate of drug-likeness (QED) is 0.748. The number of aromatic nitrogens is 2. The van der Waals surface area contributed by atoms with Crippen molar-refractivity contribution in [1.82, 2.24) is 9.55 Å². The van der Waals surface area contributed by atoms with Crippen molar-refractivity contribution in [3.8, 4) is 0 Å². The second-order valence-electron chi connectivity index (χ2n) is 8.78. The van der Waals surface area contributed by atoms with Crippen molar-refractivity contribution < 1.29 is 19.0 Å². The van der Waals surface area contributed by atoms with Gasteiger partial charge in [0.05, 0.1) is 13.2 Å². The van der Waals surface area contributed by atoms with Crippen LogP contribution in [0.15, 0.2) is 15.8 Å². The van der Waals surface area contributed by atoms with Crippen molar-refractivity contribution in [3.63, 3.8) is 0 Å². The lowest BCUT2D eigenvalue weighted by Gasteiger charge is -2.40. The summed E-state index contributed by atoms with van der Waals surface area (Å²) in [5.74, 6) is 0. The van der Waals surface area contributed by atoms with Crippen LogP contribution in [-0.4, -0.2) is 54.0 Å². The predicted molar refractivity (Wildman–Crippen MR) is 97.8 cm³/mol. The molecule has 3 rings (SSSR count). The highest BCUT2D eigenvalue weighted by Crippen LogP contribution is 2.49. The summed E-state index contributed by atoms with van der Waals surface area (Å²) in [5, 5.41) is 10.0. The Morgan fingerprint density at radius 3 is 2.65 bits per heavy atom. The first kappa shape index (κ1) is 19.5. The lowest BCUT2D eigenvalue weighted by atomic mass is 10.0. The van der Waals surface area contributed by atoms with Gasteiger partial charge >= 0.3 is 5.69 Å². The molecule has 1 aromatic heterocycles. The summed E-state index contributed by atoms with van der Waals surface area (Å²) in [6, 6.07) is 0.